The number of rotatable bonds is 8. The van der Waals surface area contributed by atoms with Crippen LogP contribution in [0.2, 0.25) is 0 Å². The smallest absolute Gasteiger partial charge is 0.277 e. The Morgan fingerprint density at radius 2 is 1.75 bits per heavy atom. The molecule has 2 rings (SSSR count). The van der Waals surface area contributed by atoms with Gasteiger partial charge in [-0.3, -0.25) is 4.79 Å². The molecule has 0 atom stereocenters. The molecule has 24 heavy (non-hydrogen) atoms. The van der Waals surface area contributed by atoms with Crippen molar-refractivity contribution in [2.24, 2.45) is 5.10 Å². The molecule has 0 aliphatic carbocycles. The molecule has 0 spiro atoms. The third-order valence-corrected chi connectivity index (χ3v) is 3.35. The second-order valence-electron chi connectivity index (χ2n) is 5.25. The first-order chi connectivity index (χ1) is 11.7. The molecule has 0 aliphatic rings. The van der Waals surface area contributed by atoms with Crippen LogP contribution in [0.4, 0.5) is 0 Å². The number of aryl methyl sites for hydroxylation is 1. The van der Waals surface area contributed by atoms with E-state index in [0.717, 1.165) is 24.2 Å². The second-order valence-corrected chi connectivity index (χ2v) is 5.25. The van der Waals surface area contributed by atoms with Crippen LogP contribution in [0.1, 0.15) is 24.5 Å². The molecule has 2 aromatic carbocycles. The lowest BCUT2D eigenvalue weighted by Crippen LogP contribution is -2.24. The molecular weight excluding hydrogens is 304 g/mol. The van der Waals surface area contributed by atoms with Crippen LogP contribution in [0.5, 0.6) is 11.5 Å². The van der Waals surface area contributed by atoms with Crippen LogP contribution in [-0.2, 0) is 11.2 Å². The SMILES string of the molecule is CCCc1ccc(OCC(=O)NN=Cc2ccc(OC)cc2)cc1. The van der Waals surface area contributed by atoms with Crippen LogP contribution in [-0.4, -0.2) is 25.8 Å². The average molecular weight is 326 g/mol. The zero-order chi connectivity index (χ0) is 17.2. The van der Waals surface area contributed by atoms with Gasteiger partial charge in [-0.25, -0.2) is 5.43 Å². The molecule has 0 radical (unpaired) electrons. The van der Waals surface area contributed by atoms with Gasteiger partial charge < -0.3 is 9.47 Å². The van der Waals surface area contributed by atoms with Gasteiger partial charge in [-0.15, -0.1) is 0 Å². The van der Waals surface area contributed by atoms with Crippen LogP contribution in [0.25, 0.3) is 0 Å². The van der Waals surface area contributed by atoms with Crippen molar-refractivity contribution in [1.82, 2.24) is 5.43 Å². The summed E-state index contributed by atoms with van der Waals surface area (Å²) in [5, 5.41) is 3.90. The number of benzene rings is 2. The lowest BCUT2D eigenvalue weighted by Gasteiger charge is -2.06. The van der Waals surface area contributed by atoms with E-state index in [0.29, 0.717) is 5.75 Å². The van der Waals surface area contributed by atoms with Gasteiger partial charge in [0.05, 0.1) is 13.3 Å². The van der Waals surface area contributed by atoms with Crippen LogP contribution in [0, 0.1) is 0 Å². The van der Waals surface area contributed by atoms with Crippen LogP contribution in [0.15, 0.2) is 53.6 Å². The van der Waals surface area contributed by atoms with Gasteiger partial charge in [0.2, 0.25) is 0 Å². The number of nitrogens with one attached hydrogen (secondary N) is 1. The third kappa shape index (κ3) is 5.76. The van der Waals surface area contributed by atoms with Gasteiger partial charge in [-0.2, -0.15) is 5.10 Å². The van der Waals surface area contributed by atoms with Crippen molar-refractivity contribution >= 4 is 12.1 Å². The summed E-state index contributed by atoms with van der Waals surface area (Å²) in [5.41, 5.74) is 4.56. The van der Waals surface area contributed by atoms with Crippen molar-refractivity contribution in [1.29, 1.82) is 0 Å². The molecule has 0 unspecified atom stereocenters. The van der Waals surface area contributed by atoms with E-state index in [4.69, 9.17) is 9.47 Å². The van der Waals surface area contributed by atoms with Gasteiger partial charge in [0.25, 0.3) is 5.91 Å². The molecule has 5 nitrogen and oxygen atoms in total. The van der Waals surface area contributed by atoms with Gasteiger partial charge in [0.15, 0.2) is 6.61 Å². The van der Waals surface area contributed by atoms with Gasteiger partial charge in [0.1, 0.15) is 11.5 Å². The predicted octanol–water partition coefficient (Wildman–Crippen LogP) is 3.18. The zero-order valence-electron chi connectivity index (χ0n) is 14.0. The number of methoxy groups -OCH3 is 1. The number of carbonyl (C=O) groups excluding carboxylic acids is 1. The summed E-state index contributed by atoms with van der Waals surface area (Å²) in [6.45, 7) is 2.06. The van der Waals surface area contributed by atoms with E-state index in [1.807, 2.05) is 48.5 Å². The minimum atomic E-state index is -0.308. The second kappa shape index (κ2) is 9.35. The zero-order valence-corrected chi connectivity index (χ0v) is 14.0. The van der Waals surface area contributed by atoms with Crippen LogP contribution < -0.4 is 14.9 Å². The van der Waals surface area contributed by atoms with E-state index < -0.39 is 0 Å². The molecule has 126 valence electrons. The largest absolute Gasteiger partial charge is 0.497 e. The Kier molecular flexibility index (Phi) is 6.83. The maximum Gasteiger partial charge on any atom is 0.277 e. The normalized spacial score (nSPS) is 10.6. The van der Waals surface area contributed by atoms with E-state index in [1.54, 1.807) is 13.3 Å². The van der Waals surface area contributed by atoms with E-state index >= 15 is 0 Å². The predicted molar refractivity (Wildman–Crippen MR) is 94.7 cm³/mol. The first-order valence-corrected chi connectivity index (χ1v) is 7.89. The highest BCUT2D eigenvalue weighted by Gasteiger charge is 2.01. The highest BCUT2D eigenvalue weighted by molar-refractivity contribution is 5.83. The van der Waals surface area contributed by atoms with Gasteiger partial charge >= 0.3 is 0 Å². The number of carbonyl (C=O) groups is 1. The molecule has 2 aromatic rings. The van der Waals surface area contributed by atoms with Crippen molar-refractivity contribution in [2.75, 3.05) is 13.7 Å². The van der Waals surface area contributed by atoms with Crippen molar-refractivity contribution in [3.63, 3.8) is 0 Å². The Balaban J connectivity index is 1.75. The summed E-state index contributed by atoms with van der Waals surface area (Å²) in [7, 11) is 1.61. The Bertz CT molecular complexity index is 664. The third-order valence-electron chi connectivity index (χ3n) is 3.35. The van der Waals surface area contributed by atoms with Crippen LogP contribution >= 0.6 is 0 Å². The Labute approximate surface area is 142 Å². The van der Waals surface area contributed by atoms with Gasteiger partial charge in [-0.05, 0) is 53.9 Å². The summed E-state index contributed by atoms with van der Waals surface area (Å²) in [4.78, 5) is 11.7. The van der Waals surface area contributed by atoms with Gasteiger partial charge in [0, 0.05) is 0 Å². The Morgan fingerprint density at radius 1 is 1.08 bits per heavy atom. The molecule has 0 aromatic heterocycles. The molecule has 0 fully saturated rings. The fraction of sp³-hybridized carbons (Fsp3) is 0.263. The maximum atomic E-state index is 11.7. The van der Waals surface area contributed by atoms with Crippen molar-refractivity contribution in [3.8, 4) is 11.5 Å². The number of hydrazone groups is 1. The average Bonchev–Trinajstić information content (AvgIpc) is 2.62. The maximum absolute atomic E-state index is 11.7. The molecule has 5 heteroatoms. The molecule has 0 saturated carbocycles. The number of ether oxygens (including phenoxy) is 2. The number of hydrogen-bond acceptors (Lipinski definition) is 4. The summed E-state index contributed by atoms with van der Waals surface area (Å²) in [6.07, 6.45) is 3.71. The molecule has 0 bridgehead atoms. The van der Waals surface area contributed by atoms with E-state index in [1.165, 1.54) is 5.56 Å². The molecule has 0 heterocycles. The Morgan fingerprint density at radius 3 is 2.38 bits per heavy atom. The number of amides is 1. The molecular formula is C19H22N2O3. The summed E-state index contributed by atoms with van der Waals surface area (Å²) in [6, 6.07) is 15.1. The topological polar surface area (TPSA) is 59.9 Å². The summed E-state index contributed by atoms with van der Waals surface area (Å²) < 4.78 is 10.5. The molecule has 0 saturated heterocycles. The lowest BCUT2D eigenvalue weighted by molar-refractivity contribution is -0.123. The molecule has 1 amide bonds. The monoisotopic (exact) mass is 326 g/mol. The van der Waals surface area contributed by atoms with Crippen LogP contribution in [0.3, 0.4) is 0 Å². The fourth-order valence-corrected chi connectivity index (χ4v) is 2.09. The van der Waals surface area contributed by atoms with E-state index in [-0.39, 0.29) is 12.5 Å². The Hall–Kier alpha value is -2.82. The van der Waals surface area contributed by atoms with E-state index in [2.05, 4.69) is 17.5 Å². The molecule has 1 N–H and O–H groups in total. The minimum absolute atomic E-state index is 0.0763. The highest BCUT2D eigenvalue weighted by Crippen LogP contribution is 2.13. The lowest BCUT2D eigenvalue weighted by atomic mass is 10.1. The van der Waals surface area contributed by atoms with Crippen molar-refractivity contribution in [3.05, 3.63) is 59.7 Å². The standard InChI is InChI=1S/C19H22N2O3/c1-3-4-15-5-11-18(12-6-15)24-14-19(22)21-20-13-16-7-9-17(23-2)10-8-16/h5-13H,3-4,14H2,1-2H3,(H,21,22). The highest BCUT2D eigenvalue weighted by atomic mass is 16.5. The van der Waals surface area contributed by atoms with E-state index in [9.17, 15) is 4.79 Å². The van der Waals surface area contributed by atoms with Crippen molar-refractivity contribution in [2.45, 2.75) is 19.8 Å². The summed E-state index contributed by atoms with van der Waals surface area (Å²) in [5.74, 6) is 1.14. The number of nitrogens with zero attached hydrogens (tertiary/aromatic N) is 1. The minimum Gasteiger partial charge on any atom is -0.497 e. The molecule has 0 aliphatic heterocycles. The van der Waals surface area contributed by atoms with Gasteiger partial charge in [-0.1, -0.05) is 25.5 Å². The summed E-state index contributed by atoms with van der Waals surface area (Å²) >= 11 is 0. The first-order valence-electron chi connectivity index (χ1n) is 7.89. The van der Waals surface area contributed by atoms with Crippen molar-refractivity contribution < 1.29 is 14.3 Å². The quantitative estimate of drug-likeness (QED) is 0.599. The number of hydrogen-bond donors (Lipinski definition) is 1. The first kappa shape index (κ1) is 17.5. The fourth-order valence-electron chi connectivity index (χ4n) is 2.09.